The quantitative estimate of drug-likeness (QED) is 0.925. The highest BCUT2D eigenvalue weighted by Gasteiger charge is 2.24. The number of nitrogens with one attached hydrogen (secondary N) is 1. The van der Waals surface area contributed by atoms with Crippen molar-refractivity contribution in [3.8, 4) is 0 Å². The van der Waals surface area contributed by atoms with Gasteiger partial charge >= 0.3 is 0 Å². The smallest absolute Gasteiger partial charge is 0.227 e. The van der Waals surface area contributed by atoms with Crippen molar-refractivity contribution in [2.24, 2.45) is 5.92 Å². The molecule has 126 valence electrons. The van der Waals surface area contributed by atoms with Gasteiger partial charge in [-0.15, -0.1) is 0 Å². The zero-order valence-corrected chi connectivity index (χ0v) is 14.2. The van der Waals surface area contributed by atoms with Gasteiger partial charge in [-0.05, 0) is 32.1 Å². The van der Waals surface area contributed by atoms with E-state index in [1.54, 1.807) is 6.20 Å². The number of nitrogens with zero attached hydrogens (tertiary/aromatic N) is 4. The normalized spacial score (nSPS) is 19.0. The topological polar surface area (TPSA) is 61.4 Å². The molecule has 1 amide bonds. The number of piperidine rings is 1. The van der Waals surface area contributed by atoms with Crippen molar-refractivity contribution in [1.82, 2.24) is 9.97 Å². The lowest BCUT2D eigenvalue weighted by Gasteiger charge is -2.28. The number of anilines is 3. The maximum absolute atomic E-state index is 12.4. The summed E-state index contributed by atoms with van der Waals surface area (Å²) in [4.78, 5) is 25.8. The molecule has 0 radical (unpaired) electrons. The molecule has 1 aliphatic carbocycles. The molecule has 1 saturated carbocycles. The highest BCUT2D eigenvalue weighted by atomic mass is 16.1. The first kappa shape index (κ1) is 16.0. The van der Waals surface area contributed by atoms with Crippen LogP contribution in [0.1, 0.15) is 44.9 Å². The Hall–Kier alpha value is -1.85. The molecular formula is C17H27N5O. The van der Waals surface area contributed by atoms with Gasteiger partial charge in [-0.1, -0.05) is 12.8 Å². The number of hydrogen-bond acceptors (Lipinski definition) is 5. The summed E-state index contributed by atoms with van der Waals surface area (Å²) in [7, 11) is 3.90. The van der Waals surface area contributed by atoms with Crippen LogP contribution in [0.4, 0.5) is 17.5 Å². The number of amides is 1. The molecule has 1 aromatic rings. The molecule has 6 heteroatoms. The van der Waals surface area contributed by atoms with Crippen LogP contribution in [0.3, 0.4) is 0 Å². The summed E-state index contributed by atoms with van der Waals surface area (Å²) in [5, 5.41) is 3.04. The molecule has 0 atom stereocenters. The number of carbonyl (C=O) groups excluding carboxylic acids is 1. The molecule has 0 aromatic carbocycles. The van der Waals surface area contributed by atoms with Gasteiger partial charge in [-0.3, -0.25) is 4.79 Å². The fourth-order valence-corrected chi connectivity index (χ4v) is 3.46. The molecule has 2 heterocycles. The maximum Gasteiger partial charge on any atom is 0.227 e. The van der Waals surface area contributed by atoms with E-state index >= 15 is 0 Å². The van der Waals surface area contributed by atoms with E-state index in [1.807, 2.05) is 19.0 Å². The van der Waals surface area contributed by atoms with Gasteiger partial charge in [0.15, 0.2) is 5.82 Å². The van der Waals surface area contributed by atoms with Gasteiger partial charge < -0.3 is 15.1 Å². The average molecular weight is 317 g/mol. The highest BCUT2D eigenvalue weighted by Crippen LogP contribution is 2.29. The van der Waals surface area contributed by atoms with E-state index in [0.29, 0.717) is 5.69 Å². The maximum atomic E-state index is 12.4. The molecule has 0 bridgehead atoms. The Morgan fingerprint density at radius 2 is 1.87 bits per heavy atom. The third kappa shape index (κ3) is 3.74. The summed E-state index contributed by atoms with van der Waals surface area (Å²) in [6.45, 7) is 2.03. The molecule has 1 aromatic heterocycles. The second-order valence-corrected chi connectivity index (χ2v) is 6.82. The van der Waals surface area contributed by atoms with Gasteiger partial charge in [-0.25, -0.2) is 4.98 Å². The molecule has 3 rings (SSSR count). The summed E-state index contributed by atoms with van der Waals surface area (Å²) in [6, 6.07) is 0. The van der Waals surface area contributed by atoms with E-state index in [-0.39, 0.29) is 11.8 Å². The molecule has 2 aliphatic rings. The predicted molar refractivity (Wildman–Crippen MR) is 93.0 cm³/mol. The Balaban J connectivity index is 1.77. The van der Waals surface area contributed by atoms with Gasteiger partial charge in [0.2, 0.25) is 11.9 Å². The number of carbonyl (C=O) groups is 1. The summed E-state index contributed by atoms with van der Waals surface area (Å²) >= 11 is 0. The first-order valence-electron chi connectivity index (χ1n) is 8.75. The van der Waals surface area contributed by atoms with Gasteiger partial charge in [0.25, 0.3) is 0 Å². The molecule has 1 N–H and O–H groups in total. The third-order valence-electron chi connectivity index (χ3n) is 4.80. The van der Waals surface area contributed by atoms with Gasteiger partial charge in [-0.2, -0.15) is 4.98 Å². The Labute approximate surface area is 138 Å². The van der Waals surface area contributed by atoms with Crippen molar-refractivity contribution in [1.29, 1.82) is 0 Å². The minimum absolute atomic E-state index is 0.111. The third-order valence-corrected chi connectivity index (χ3v) is 4.80. The molecule has 2 fully saturated rings. The largest absolute Gasteiger partial charge is 0.361 e. The standard InChI is InChI=1S/C17H27N5O/c1-21(2)15-14(19-16(23)13-8-4-5-9-13)12-18-17(20-15)22-10-6-3-7-11-22/h12-13H,3-11H2,1-2H3,(H,19,23). The van der Waals surface area contributed by atoms with Crippen molar-refractivity contribution < 1.29 is 4.79 Å². The Morgan fingerprint density at radius 3 is 2.52 bits per heavy atom. The van der Waals surface area contributed by atoms with Gasteiger partial charge in [0.05, 0.1) is 6.20 Å². The van der Waals surface area contributed by atoms with Gasteiger partial charge in [0.1, 0.15) is 5.69 Å². The SMILES string of the molecule is CN(C)c1nc(N2CCCCC2)ncc1NC(=O)C1CCCC1. The van der Waals surface area contributed by atoms with Crippen LogP contribution in [0.15, 0.2) is 6.20 Å². The Morgan fingerprint density at radius 1 is 1.17 bits per heavy atom. The lowest BCUT2D eigenvalue weighted by Crippen LogP contribution is -2.31. The first-order valence-corrected chi connectivity index (χ1v) is 8.75. The molecule has 6 nitrogen and oxygen atoms in total. The lowest BCUT2D eigenvalue weighted by atomic mass is 10.1. The number of rotatable bonds is 4. The molecule has 1 saturated heterocycles. The van der Waals surface area contributed by atoms with Crippen molar-refractivity contribution in [2.45, 2.75) is 44.9 Å². The van der Waals surface area contributed by atoms with Crippen molar-refractivity contribution >= 4 is 23.4 Å². The zero-order valence-electron chi connectivity index (χ0n) is 14.2. The van der Waals surface area contributed by atoms with Crippen LogP contribution in [0.2, 0.25) is 0 Å². The van der Waals surface area contributed by atoms with Crippen LogP contribution in [0, 0.1) is 5.92 Å². The van der Waals surface area contributed by atoms with Crippen molar-refractivity contribution in [3.05, 3.63) is 6.20 Å². The summed E-state index contributed by atoms with van der Waals surface area (Å²) in [5.74, 6) is 1.81. The van der Waals surface area contributed by atoms with E-state index in [0.717, 1.165) is 50.5 Å². The summed E-state index contributed by atoms with van der Waals surface area (Å²) < 4.78 is 0. The van der Waals surface area contributed by atoms with Crippen LogP contribution < -0.4 is 15.1 Å². The van der Waals surface area contributed by atoms with Crippen LogP contribution in [0.5, 0.6) is 0 Å². The van der Waals surface area contributed by atoms with Crippen LogP contribution in [-0.2, 0) is 4.79 Å². The summed E-state index contributed by atoms with van der Waals surface area (Å²) in [5.41, 5.74) is 0.715. The zero-order chi connectivity index (χ0) is 16.2. The van der Waals surface area contributed by atoms with Crippen LogP contribution in [-0.4, -0.2) is 43.1 Å². The minimum atomic E-state index is 0.111. The molecule has 23 heavy (non-hydrogen) atoms. The fraction of sp³-hybridized carbons (Fsp3) is 0.706. The van der Waals surface area contributed by atoms with E-state index in [2.05, 4.69) is 15.2 Å². The highest BCUT2D eigenvalue weighted by molar-refractivity contribution is 5.95. The fourth-order valence-electron chi connectivity index (χ4n) is 3.46. The summed E-state index contributed by atoms with van der Waals surface area (Å²) in [6.07, 6.45) is 9.74. The number of hydrogen-bond donors (Lipinski definition) is 1. The molecule has 1 aliphatic heterocycles. The Bertz CT molecular complexity index is 548. The Kier molecular flexibility index (Phi) is 4.98. The van der Waals surface area contributed by atoms with Crippen LogP contribution in [0.25, 0.3) is 0 Å². The molecule has 0 spiro atoms. The number of aromatic nitrogens is 2. The van der Waals surface area contributed by atoms with Crippen molar-refractivity contribution in [3.63, 3.8) is 0 Å². The van der Waals surface area contributed by atoms with Crippen molar-refractivity contribution in [2.75, 3.05) is 42.3 Å². The minimum Gasteiger partial charge on any atom is -0.361 e. The lowest BCUT2D eigenvalue weighted by molar-refractivity contribution is -0.119. The first-order chi connectivity index (χ1) is 11.1. The molecule has 0 unspecified atom stereocenters. The van der Waals surface area contributed by atoms with E-state index in [9.17, 15) is 4.79 Å². The van der Waals surface area contributed by atoms with E-state index in [4.69, 9.17) is 4.98 Å². The molecular weight excluding hydrogens is 290 g/mol. The van der Waals surface area contributed by atoms with E-state index < -0.39 is 0 Å². The van der Waals surface area contributed by atoms with Crippen LogP contribution >= 0.6 is 0 Å². The predicted octanol–water partition coefficient (Wildman–Crippen LogP) is 2.66. The second kappa shape index (κ2) is 7.15. The van der Waals surface area contributed by atoms with Gasteiger partial charge in [0, 0.05) is 33.1 Å². The monoisotopic (exact) mass is 317 g/mol. The second-order valence-electron chi connectivity index (χ2n) is 6.82. The average Bonchev–Trinajstić information content (AvgIpc) is 3.10. The van der Waals surface area contributed by atoms with E-state index in [1.165, 1.54) is 19.3 Å².